The first kappa shape index (κ1) is 16.2. The molecule has 3 nitrogen and oxygen atoms in total. The highest BCUT2D eigenvalue weighted by atomic mass is 19.2. The third kappa shape index (κ3) is 2.89. The molecule has 24 heavy (non-hydrogen) atoms. The summed E-state index contributed by atoms with van der Waals surface area (Å²) in [6.45, 7) is 4.45. The standard InChI is InChI=1S/C19H17F2NO2/c1-11(2)15-10-22(9-12-3-5-16(20)17(21)7-12)18-6-4-13(19(23)24)8-14(15)18/h3-8,10-11H,9H2,1-2H3,(H,23,24). The first-order valence-corrected chi connectivity index (χ1v) is 7.67. The molecule has 1 N–H and O–H groups in total. The van der Waals surface area contributed by atoms with Gasteiger partial charge >= 0.3 is 5.97 Å². The van der Waals surface area contributed by atoms with Crippen molar-refractivity contribution in [3.05, 3.63) is 70.9 Å². The number of rotatable bonds is 4. The number of aromatic nitrogens is 1. The fraction of sp³-hybridized carbons (Fsp3) is 0.211. The highest BCUT2D eigenvalue weighted by Crippen LogP contribution is 2.29. The lowest BCUT2D eigenvalue weighted by molar-refractivity contribution is 0.0697. The number of aromatic carboxylic acids is 1. The van der Waals surface area contributed by atoms with E-state index in [9.17, 15) is 18.7 Å². The Labute approximate surface area is 138 Å². The average Bonchev–Trinajstić information content (AvgIpc) is 2.89. The lowest BCUT2D eigenvalue weighted by Gasteiger charge is -2.06. The van der Waals surface area contributed by atoms with Crippen LogP contribution < -0.4 is 0 Å². The Morgan fingerprint density at radius 3 is 2.50 bits per heavy atom. The number of carboxylic acid groups (broad SMARTS) is 1. The minimum absolute atomic E-state index is 0.211. The van der Waals surface area contributed by atoms with Gasteiger partial charge in [-0.2, -0.15) is 0 Å². The molecule has 0 aliphatic rings. The molecule has 0 atom stereocenters. The van der Waals surface area contributed by atoms with Crippen molar-refractivity contribution in [2.24, 2.45) is 0 Å². The summed E-state index contributed by atoms with van der Waals surface area (Å²) >= 11 is 0. The fourth-order valence-corrected chi connectivity index (χ4v) is 2.88. The molecular weight excluding hydrogens is 312 g/mol. The summed E-state index contributed by atoms with van der Waals surface area (Å²) < 4.78 is 28.4. The van der Waals surface area contributed by atoms with Crippen LogP contribution in [0, 0.1) is 11.6 Å². The van der Waals surface area contributed by atoms with Gasteiger partial charge in [0.1, 0.15) is 0 Å². The van der Waals surface area contributed by atoms with Crippen LogP contribution in [0.15, 0.2) is 42.6 Å². The number of hydrogen-bond donors (Lipinski definition) is 1. The van der Waals surface area contributed by atoms with Gasteiger partial charge in [-0.25, -0.2) is 13.6 Å². The van der Waals surface area contributed by atoms with Gasteiger partial charge in [-0.1, -0.05) is 19.9 Å². The van der Waals surface area contributed by atoms with Crippen molar-refractivity contribution >= 4 is 16.9 Å². The Hall–Kier alpha value is -2.69. The number of hydrogen-bond acceptors (Lipinski definition) is 1. The molecule has 1 aromatic heterocycles. The van der Waals surface area contributed by atoms with Gasteiger partial charge in [0.05, 0.1) is 5.56 Å². The van der Waals surface area contributed by atoms with Crippen LogP contribution >= 0.6 is 0 Å². The van der Waals surface area contributed by atoms with Crippen LogP contribution in [0.5, 0.6) is 0 Å². The minimum Gasteiger partial charge on any atom is -0.478 e. The van der Waals surface area contributed by atoms with Gasteiger partial charge in [-0.3, -0.25) is 0 Å². The number of benzene rings is 2. The SMILES string of the molecule is CC(C)c1cn(Cc2ccc(F)c(F)c2)c2ccc(C(=O)O)cc12. The zero-order valence-electron chi connectivity index (χ0n) is 13.4. The highest BCUT2D eigenvalue weighted by molar-refractivity contribution is 5.95. The van der Waals surface area contributed by atoms with Crippen LogP contribution in [-0.2, 0) is 6.54 Å². The van der Waals surface area contributed by atoms with E-state index in [-0.39, 0.29) is 11.5 Å². The van der Waals surface area contributed by atoms with E-state index in [1.165, 1.54) is 6.07 Å². The van der Waals surface area contributed by atoms with E-state index in [0.29, 0.717) is 12.1 Å². The van der Waals surface area contributed by atoms with E-state index in [0.717, 1.165) is 22.5 Å². The summed E-state index contributed by atoms with van der Waals surface area (Å²) in [7, 11) is 0. The van der Waals surface area contributed by atoms with Gasteiger partial charge < -0.3 is 9.67 Å². The van der Waals surface area contributed by atoms with Crippen LogP contribution in [0.1, 0.15) is 41.3 Å². The third-order valence-corrected chi connectivity index (χ3v) is 4.12. The van der Waals surface area contributed by atoms with Crippen molar-refractivity contribution in [3.8, 4) is 0 Å². The molecule has 124 valence electrons. The summed E-state index contributed by atoms with van der Waals surface area (Å²) in [5.74, 6) is -2.51. The van der Waals surface area contributed by atoms with E-state index in [2.05, 4.69) is 0 Å². The van der Waals surface area contributed by atoms with Crippen molar-refractivity contribution in [1.82, 2.24) is 4.57 Å². The topological polar surface area (TPSA) is 42.2 Å². The molecule has 3 aromatic rings. The smallest absolute Gasteiger partial charge is 0.335 e. The third-order valence-electron chi connectivity index (χ3n) is 4.12. The van der Waals surface area contributed by atoms with E-state index >= 15 is 0 Å². The summed E-state index contributed by atoms with van der Waals surface area (Å²) in [5, 5.41) is 10.1. The van der Waals surface area contributed by atoms with E-state index in [4.69, 9.17) is 0 Å². The molecule has 0 spiro atoms. The van der Waals surface area contributed by atoms with Crippen molar-refractivity contribution < 1.29 is 18.7 Å². The second kappa shape index (κ2) is 6.07. The summed E-state index contributed by atoms with van der Waals surface area (Å²) in [6, 6.07) is 8.81. The molecule has 0 bridgehead atoms. The molecule has 5 heteroatoms. The molecule has 0 aliphatic carbocycles. The minimum atomic E-state index is -0.972. The summed E-state index contributed by atoms with van der Waals surface area (Å²) in [5.41, 5.74) is 2.77. The zero-order chi connectivity index (χ0) is 17.4. The lowest BCUT2D eigenvalue weighted by Crippen LogP contribution is -2.00. The van der Waals surface area contributed by atoms with Crippen LogP contribution in [0.2, 0.25) is 0 Å². The molecule has 0 saturated heterocycles. The van der Waals surface area contributed by atoms with Crippen molar-refractivity contribution in [3.63, 3.8) is 0 Å². The number of nitrogens with zero attached hydrogens (tertiary/aromatic N) is 1. The van der Waals surface area contributed by atoms with Gasteiger partial charge in [0.2, 0.25) is 0 Å². The maximum absolute atomic E-state index is 13.4. The van der Waals surface area contributed by atoms with E-state index < -0.39 is 17.6 Å². The molecular formula is C19H17F2NO2. The highest BCUT2D eigenvalue weighted by Gasteiger charge is 2.14. The predicted octanol–water partition coefficient (Wildman–Crippen LogP) is 4.79. The van der Waals surface area contributed by atoms with E-state index in [1.807, 2.05) is 24.6 Å². The predicted molar refractivity (Wildman–Crippen MR) is 88.4 cm³/mol. The first-order chi connectivity index (χ1) is 11.4. The molecule has 0 fully saturated rings. The van der Waals surface area contributed by atoms with Gasteiger partial charge in [0, 0.05) is 23.6 Å². The normalized spacial score (nSPS) is 11.4. The number of halogens is 2. The molecule has 0 saturated carbocycles. The number of fused-ring (bicyclic) bond motifs is 1. The van der Waals surface area contributed by atoms with Gasteiger partial charge in [-0.05, 0) is 47.4 Å². The lowest BCUT2D eigenvalue weighted by atomic mass is 10.0. The van der Waals surface area contributed by atoms with Crippen LogP contribution in [0.4, 0.5) is 8.78 Å². The van der Waals surface area contributed by atoms with Crippen molar-refractivity contribution in [2.45, 2.75) is 26.3 Å². The molecule has 0 radical (unpaired) electrons. The summed E-state index contributed by atoms with van der Waals surface area (Å²) in [6.07, 6.45) is 1.95. The largest absolute Gasteiger partial charge is 0.478 e. The first-order valence-electron chi connectivity index (χ1n) is 7.67. The monoisotopic (exact) mass is 329 g/mol. The second-order valence-corrected chi connectivity index (χ2v) is 6.15. The quantitative estimate of drug-likeness (QED) is 0.748. The Morgan fingerprint density at radius 1 is 1.12 bits per heavy atom. The zero-order valence-corrected chi connectivity index (χ0v) is 13.4. The number of carboxylic acids is 1. The van der Waals surface area contributed by atoms with Crippen LogP contribution in [0.3, 0.4) is 0 Å². The Morgan fingerprint density at radius 2 is 1.88 bits per heavy atom. The Kier molecular flexibility index (Phi) is 4.09. The molecule has 0 amide bonds. The van der Waals surface area contributed by atoms with E-state index in [1.54, 1.807) is 24.3 Å². The van der Waals surface area contributed by atoms with Gasteiger partial charge in [0.15, 0.2) is 11.6 Å². The van der Waals surface area contributed by atoms with Crippen LogP contribution in [-0.4, -0.2) is 15.6 Å². The summed E-state index contributed by atoms with van der Waals surface area (Å²) in [4.78, 5) is 11.2. The second-order valence-electron chi connectivity index (χ2n) is 6.15. The molecule has 1 heterocycles. The van der Waals surface area contributed by atoms with Crippen LogP contribution in [0.25, 0.3) is 10.9 Å². The Balaban J connectivity index is 2.10. The number of carbonyl (C=O) groups is 1. The van der Waals surface area contributed by atoms with Crippen molar-refractivity contribution in [2.75, 3.05) is 0 Å². The van der Waals surface area contributed by atoms with Gasteiger partial charge in [0.25, 0.3) is 0 Å². The maximum Gasteiger partial charge on any atom is 0.335 e. The molecule has 2 aromatic carbocycles. The molecule has 0 aliphatic heterocycles. The van der Waals surface area contributed by atoms with Crippen molar-refractivity contribution in [1.29, 1.82) is 0 Å². The maximum atomic E-state index is 13.4. The fourth-order valence-electron chi connectivity index (χ4n) is 2.88. The average molecular weight is 329 g/mol. The van der Waals surface area contributed by atoms with Gasteiger partial charge in [-0.15, -0.1) is 0 Å². The Bertz CT molecular complexity index is 929. The molecule has 3 rings (SSSR count). The molecule has 0 unspecified atom stereocenters.